The van der Waals surface area contributed by atoms with Gasteiger partial charge >= 0.3 is 0 Å². The summed E-state index contributed by atoms with van der Waals surface area (Å²) in [6.45, 7) is 0. The first-order valence-corrected chi connectivity index (χ1v) is 7.95. The molecule has 0 aromatic heterocycles. The van der Waals surface area contributed by atoms with Crippen LogP contribution in [0.1, 0.15) is 16.0 Å². The first-order chi connectivity index (χ1) is 9.02. The van der Waals surface area contributed by atoms with E-state index in [1.807, 2.05) is 18.2 Å². The average molecular weight is 453 g/mol. The largest absolute Gasteiger partial charge is 0.497 e. The molecule has 2 rings (SSSR count). The van der Waals surface area contributed by atoms with E-state index in [-0.39, 0.29) is 10.6 Å². The standard InChI is InChI=1S/C14H10Br3FO/c1-19-9-3-4-10(12(16)7-9)14(17)11-6-8(15)2-5-13(11)18/h2-7,14H,1H3. The van der Waals surface area contributed by atoms with Gasteiger partial charge in [0.1, 0.15) is 11.6 Å². The molecule has 0 saturated carbocycles. The van der Waals surface area contributed by atoms with E-state index in [2.05, 4.69) is 47.8 Å². The van der Waals surface area contributed by atoms with Gasteiger partial charge in [0.2, 0.25) is 0 Å². The minimum absolute atomic E-state index is 0.231. The fourth-order valence-electron chi connectivity index (χ4n) is 1.72. The molecule has 0 saturated heterocycles. The van der Waals surface area contributed by atoms with Crippen molar-refractivity contribution in [3.05, 3.63) is 62.3 Å². The van der Waals surface area contributed by atoms with Gasteiger partial charge in [-0.15, -0.1) is 0 Å². The van der Waals surface area contributed by atoms with E-state index in [9.17, 15) is 4.39 Å². The van der Waals surface area contributed by atoms with Gasteiger partial charge in [-0.3, -0.25) is 0 Å². The smallest absolute Gasteiger partial charge is 0.127 e. The highest BCUT2D eigenvalue weighted by atomic mass is 79.9. The molecule has 1 nitrogen and oxygen atoms in total. The maximum Gasteiger partial charge on any atom is 0.127 e. The Morgan fingerprint density at radius 2 is 1.79 bits per heavy atom. The maximum atomic E-state index is 13.9. The molecule has 0 aliphatic carbocycles. The summed E-state index contributed by atoms with van der Waals surface area (Å²) in [4.78, 5) is -0.231. The van der Waals surface area contributed by atoms with Crippen molar-refractivity contribution in [2.24, 2.45) is 0 Å². The molecule has 0 amide bonds. The van der Waals surface area contributed by atoms with Gasteiger partial charge in [-0.1, -0.05) is 53.9 Å². The van der Waals surface area contributed by atoms with Crippen molar-refractivity contribution in [1.29, 1.82) is 0 Å². The van der Waals surface area contributed by atoms with Crippen LogP contribution in [0.2, 0.25) is 0 Å². The number of hydrogen-bond donors (Lipinski definition) is 0. The van der Waals surface area contributed by atoms with Crippen molar-refractivity contribution >= 4 is 47.8 Å². The van der Waals surface area contributed by atoms with E-state index in [1.54, 1.807) is 19.2 Å². The van der Waals surface area contributed by atoms with Crippen molar-refractivity contribution in [1.82, 2.24) is 0 Å². The Hall–Kier alpha value is -0.390. The Balaban J connectivity index is 2.43. The zero-order valence-corrected chi connectivity index (χ0v) is 14.7. The second kappa shape index (κ2) is 6.37. The van der Waals surface area contributed by atoms with E-state index in [0.717, 1.165) is 20.3 Å². The average Bonchev–Trinajstić information content (AvgIpc) is 2.40. The fraction of sp³-hybridized carbons (Fsp3) is 0.143. The SMILES string of the molecule is COc1ccc(C(Br)c2cc(Br)ccc2F)c(Br)c1. The molecule has 2 aromatic carbocycles. The zero-order chi connectivity index (χ0) is 14.0. The van der Waals surface area contributed by atoms with Crippen LogP contribution in [0.15, 0.2) is 45.3 Å². The summed E-state index contributed by atoms with van der Waals surface area (Å²) in [6.07, 6.45) is 0. The molecule has 5 heteroatoms. The van der Waals surface area contributed by atoms with Gasteiger partial charge < -0.3 is 4.74 Å². The molecule has 0 N–H and O–H groups in total. The van der Waals surface area contributed by atoms with E-state index in [1.165, 1.54) is 6.07 Å². The van der Waals surface area contributed by atoms with Crippen LogP contribution in [0.4, 0.5) is 4.39 Å². The highest BCUT2D eigenvalue weighted by Gasteiger charge is 2.18. The molecular formula is C14H10Br3FO. The molecule has 0 heterocycles. The number of methoxy groups -OCH3 is 1. The zero-order valence-electron chi connectivity index (χ0n) is 9.96. The Morgan fingerprint density at radius 1 is 1.05 bits per heavy atom. The van der Waals surface area contributed by atoms with Gasteiger partial charge in [0.25, 0.3) is 0 Å². The Morgan fingerprint density at radius 3 is 2.42 bits per heavy atom. The van der Waals surface area contributed by atoms with Crippen molar-refractivity contribution in [3.8, 4) is 5.75 Å². The maximum absolute atomic E-state index is 13.9. The summed E-state index contributed by atoms with van der Waals surface area (Å²) in [5.74, 6) is 0.512. The predicted molar refractivity (Wildman–Crippen MR) is 85.6 cm³/mol. The lowest BCUT2D eigenvalue weighted by Crippen LogP contribution is -1.98. The van der Waals surface area contributed by atoms with Gasteiger partial charge in [0.05, 0.1) is 11.9 Å². The number of hydrogen-bond acceptors (Lipinski definition) is 1. The number of halogens is 4. The van der Waals surface area contributed by atoms with E-state index < -0.39 is 0 Å². The number of benzene rings is 2. The molecule has 0 radical (unpaired) electrons. The van der Waals surface area contributed by atoms with Gasteiger partial charge in [-0.25, -0.2) is 4.39 Å². The molecule has 100 valence electrons. The normalized spacial score (nSPS) is 12.3. The van der Waals surface area contributed by atoms with Crippen LogP contribution in [-0.4, -0.2) is 7.11 Å². The van der Waals surface area contributed by atoms with Crippen LogP contribution in [0.3, 0.4) is 0 Å². The highest BCUT2D eigenvalue weighted by molar-refractivity contribution is 9.11. The minimum Gasteiger partial charge on any atom is -0.497 e. The van der Waals surface area contributed by atoms with Crippen molar-refractivity contribution in [2.45, 2.75) is 4.83 Å². The van der Waals surface area contributed by atoms with Gasteiger partial charge in [0.15, 0.2) is 0 Å². The second-order valence-corrected chi connectivity index (χ2v) is 6.60. The highest BCUT2D eigenvalue weighted by Crippen LogP contribution is 2.38. The fourth-order valence-corrected chi connectivity index (χ4v) is 3.74. The summed E-state index contributed by atoms with van der Waals surface area (Å²) < 4.78 is 20.8. The Kier molecular flexibility index (Phi) is 5.03. The number of ether oxygens (including phenoxy) is 1. The molecule has 2 aromatic rings. The third kappa shape index (κ3) is 3.38. The topological polar surface area (TPSA) is 9.23 Å². The molecule has 0 bridgehead atoms. The van der Waals surface area contributed by atoms with Crippen molar-refractivity contribution < 1.29 is 9.13 Å². The van der Waals surface area contributed by atoms with Gasteiger partial charge in [0, 0.05) is 14.5 Å². The van der Waals surface area contributed by atoms with E-state index in [0.29, 0.717) is 5.56 Å². The van der Waals surface area contributed by atoms with Crippen LogP contribution in [0.25, 0.3) is 0 Å². The van der Waals surface area contributed by atoms with E-state index in [4.69, 9.17) is 4.74 Å². The summed E-state index contributed by atoms with van der Waals surface area (Å²) in [6, 6.07) is 10.5. The number of rotatable bonds is 3. The van der Waals surface area contributed by atoms with Crippen molar-refractivity contribution in [3.63, 3.8) is 0 Å². The molecule has 19 heavy (non-hydrogen) atoms. The third-order valence-electron chi connectivity index (χ3n) is 2.71. The summed E-state index contributed by atoms with van der Waals surface area (Å²) in [7, 11) is 1.61. The van der Waals surface area contributed by atoms with Crippen LogP contribution in [0, 0.1) is 5.82 Å². The number of alkyl halides is 1. The summed E-state index contributed by atoms with van der Waals surface area (Å²) in [5, 5.41) is 0. The molecule has 0 aliphatic rings. The Labute approximate surface area is 136 Å². The van der Waals surface area contributed by atoms with Crippen LogP contribution < -0.4 is 4.74 Å². The van der Waals surface area contributed by atoms with Gasteiger partial charge in [-0.2, -0.15) is 0 Å². The molecule has 0 spiro atoms. The molecular weight excluding hydrogens is 443 g/mol. The lowest BCUT2D eigenvalue weighted by atomic mass is 10.0. The van der Waals surface area contributed by atoms with E-state index >= 15 is 0 Å². The Bertz CT molecular complexity index is 601. The van der Waals surface area contributed by atoms with Crippen LogP contribution in [-0.2, 0) is 0 Å². The molecule has 1 atom stereocenters. The van der Waals surface area contributed by atoms with Crippen molar-refractivity contribution in [2.75, 3.05) is 7.11 Å². The third-order valence-corrected chi connectivity index (χ3v) is 4.88. The minimum atomic E-state index is -0.243. The van der Waals surface area contributed by atoms with Crippen LogP contribution >= 0.6 is 47.8 Å². The summed E-state index contributed by atoms with van der Waals surface area (Å²) in [5.41, 5.74) is 1.53. The van der Waals surface area contributed by atoms with Crippen LogP contribution in [0.5, 0.6) is 5.75 Å². The predicted octanol–water partition coefficient (Wildman–Crippen LogP) is 5.84. The second-order valence-electron chi connectivity index (χ2n) is 3.92. The molecule has 0 fully saturated rings. The first-order valence-electron chi connectivity index (χ1n) is 5.45. The summed E-state index contributed by atoms with van der Waals surface area (Å²) >= 11 is 10.4. The lowest BCUT2D eigenvalue weighted by molar-refractivity contribution is 0.414. The quantitative estimate of drug-likeness (QED) is 0.531. The van der Waals surface area contributed by atoms with Gasteiger partial charge in [-0.05, 0) is 35.9 Å². The molecule has 0 aliphatic heterocycles. The lowest BCUT2D eigenvalue weighted by Gasteiger charge is -2.15. The first kappa shape index (κ1) is 15.0. The monoisotopic (exact) mass is 450 g/mol. The molecule has 1 unspecified atom stereocenters.